The highest BCUT2D eigenvalue weighted by Gasteiger charge is 2.28. The molecule has 0 spiro atoms. The molecule has 0 aliphatic carbocycles. The number of likely N-dealkylation sites (N-methyl/N-ethyl adjacent to an activating group) is 1. The molecule has 3 rings (SSSR count). The van der Waals surface area contributed by atoms with Crippen molar-refractivity contribution in [2.75, 3.05) is 13.6 Å². The van der Waals surface area contributed by atoms with Gasteiger partial charge in [0.2, 0.25) is 29.5 Å². The van der Waals surface area contributed by atoms with Crippen LogP contribution in [0.15, 0.2) is 84.9 Å². The minimum Gasteiger partial charge on any atom is -0.508 e. The molecule has 44 heavy (non-hydrogen) atoms. The van der Waals surface area contributed by atoms with Crippen LogP contribution < -0.4 is 32.3 Å². The highest BCUT2D eigenvalue weighted by atomic mass is 16.3. The standard InChI is InChI=1S/C32H38N6O6/c1-20(36-30(42)25(33)17-22-13-15-24(39)16-14-22)29(41)35-19-27(40)37-26(18-21-9-5-3-6-10-21)31(43)38-28(32(44)34-2)23-11-7-4-8-12-23/h3-16,20,25-26,28,39H,17-19,33H2,1-2H3,(H,34,44)(H,35,41)(H,36,42)(H,37,40)(H,38,43)/t20-,25-,26-,28?/m0/s1/i/hD2. The van der Waals surface area contributed by atoms with Crippen LogP contribution in [0.3, 0.4) is 0 Å². The van der Waals surface area contributed by atoms with Crippen LogP contribution in [-0.2, 0) is 36.8 Å². The first-order valence-corrected chi connectivity index (χ1v) is 14.0. The van der Waals surface area contributed by atoms with E-state index >= 15 is 0 Å². The molecule has 0 aliphatic heterocycles. The number of carbonyl (C=O) groups is 5. The highest BCUT2D eigenvalue weighted by molar-refractivity contribution is 5.95. The SMILES string of the molecule is [2H]N[C@@H](Cc1ccc(O)cc1)C(=O)N[C@@H](C)C(=O)NCC(=O)N([2H])[C@@H](Cc1ccccc1)C(=O)NC(C(=O)NC)c1ccccc1. The fraction of sp³-hybridized carbons (Fsp3) is 0.281. The third-order valence-corrected chi connectivity index (χ3v) is 6.66. The zero-order valence-electron chi connectivity index (χ0n) is 26.4. The lowest BCUT2D eigenvalue weighted by Crippen LogP contribution is -2.54. The Morgan fingerprint density at radius 3 is 2.02 bits per heavy atom. The average Bonchev–Trinajstić information content (AvgIpc) is 3.07. The van der Waals surface area contributed by atoms with Gasteiger partial charge in [0.05, 0.1) is 12.6 Å². The molecule has 0 saturated carbocycles. The lowest BCUT2D eigenvalue weighted by Gasteiger charge is -2.23. The van der Waals surface area contributed by atoms with E-state index < -0.39 is 60.2 Å². The summed E-state index contributed by atoms with van der Waals surface area (Å²) in [5.74, 6) is -3.45. The Morgan fingerprint density at radius 1 is 0.795 bits per heavy atom. The number of hydrogen-bond acceptors (Lipinski definition) is 7. The van der Waals surface area contributed by atoms with Crippen molar-refractivity contribution in [3.63, 3.8) is 0 Å². The number of carbonyl (C=O) groups excluding carboxylic acids is 5. The zero-order chi connectivity index (χ0) is 33.6. The van der Waals surface area contributed by atoms with Crippen LogP contribution in [0.4, 0.5) is 0 Å². The second-order valence-electron chi connectivity index (χ2n) is 10.1. The molecule has 0 saturated heterocycles. The molecule has 0 heterocycles. The minimum atomic E-state index is -1.36. The summed E-state index contributed by atoms with van der Waals surface area (Å²) in [5.41, 5.74) is 3.99. The highest BCUT2D eigenvalue weighted by Crippen LogP contribution is 2.14. The number of hydrogen-bond donors (Lipinski definition) is 7. The summed E-state index contributed by atoms with van der Waals surface area (Å²) >= 11 is 0. The molecule has 12 heteroatoms. The zero-order valence-corrected chi connectivity index (χ0v) is 24.4. The number of phenolic OH excluding ortho intramolecular Hbond substituents is 1. The third-order valence-electron chi connectivity index (χ3n) is 6.66. The van der Waals surface area contributed by atoms with Crippen molar-refractivity contribution < 1.29 is 31.9 Å². The molecule has 1 unspecified atom stereocenters. The smallest absolute Gasteiger partial charge is 0.246 e. The largest absolute Gasteiger partial charge is 0.508 e. The fourth-order valence-corrected chi connectivity index (χ4v) is 4.24. The Bertz CT molecular complexity index is 1480. The van der Waals surface area contributed by atoms with Crippen molar-refractivity contribution >= 4 is 29.5 Å². The number of benzene rings is 3. The molecular weight excluding hydrogens is 564 g/mol. The Balaban J connectivity index is 1.65. The van der Waals surface area contributed by atoms with Gasteiger partial charge < -0.3 is 37.4 Å². The van der Waals surface area contributed by atoms with Crippen molar-refractivity contribution in [1.82, 2.24) is 26.6 Å². The van der Waals surface area contributed by atoms with E-state index in [2.05, 4.69) is 27.0 Å². The molecule has 232 valence electrons. The van der Waals surface area contributed by atoms with E-state index in [4.69, 9.17) is 2.82 Å². The average molecular weight is 605 g/mol. The third kappa shape index (κ3) is 10.2. The summed E-state index contributed by atoms with van der Waals surface area (Å²) in [6, 6.07) is 18.8. The molecule has 0 radical (unpaired) electrons. The lowest BCUT2D eigenvalue weighted by molar-refractivity contribution is -0.132. The topological polar surface area (TPSA) is 192 Å². The van der Waals surface area contributed by atoms with Crippen LogP contribution in [0.25, 0.3) is 0 Å². The predicted molar refractivity (Wildman–Crippen MR) is 164 cm³/mol. The summed E-state index contributed by atoms with van der Waals surface area (Å²) in [7, 11) is 1.43. The van der Waals surface area contributed by atoms with E-state index in [1.807, 2.05) is 0 Å². The van der Waals surface area contributed by atoms with Crippen LogP contribution >= 0.6 is 0 Å². The molecule has 0 bridgehead atoms. The van der Waals surface area contributed by atoms with Crippen molar-refractivity contribution in [2.24, 2.45) is 5.73 Å². The van der Waals surface area contributed by atoms with Gasteiger partial charge in [0.1, 0.15) is 25.3 Å². The number of nitrogens with two attached hydrogens (primary N) is 1. The Kier molecular flexibility index (Phi) is 11.3. The number of amides is 5. The van der Waals surface area contributed by atoms with Crippen molar-refractivity contribution in [1.29, 1.82) is 0 Å². The van der Waals surface area contributed by atoms with Gasteiger partial charge >= 0.3 is 0 Å². The van der Waals surface area contributed by atoms with Gasteiger partial charge in [-0.1, -0.05) is 72.8 Å². The quantitative estimate of drug-likeness (QED) is 0.129. The number of phenols is 1. The van der Waals surface area contributed by atoms with Gasteiger partial charge in [-0.25, -0.2) is 0 Å². The lowest BCUT2D eigenvalue weighted by atomic mass is 10.0. The monoisotopic (exact) mass is 604 g/mol. The van der Waals surface area contributed by atoms with Crippen LogP contribution in [0, 0.1) is 0 Å². The Hall–Kier alpha value is -5.23. The summed E-state index contributed by atoms with van der Waals surface area (Å²) in [4.78, 5) is 64.7. The molecule has 12 nitrogen and oxygen atoms in total. The Morgan fingerprint density at radius 2 is 1.41 bits per heavy atom. The first-order valence-electron chi connectivity index (χ1n) is 14.9. The van der Waals surface area contributed by atoms with Gasteiger partial charge in [-0.2, -0.15) is 0 Å². The summed E-state index contributed by atoms with van der Waals surface area (Å²) in [6.45, 7) is 0.748. The molecule has 0 aromatic heterocycles. The maximum absolute atomic E-state index is 13.5. The van der Waals surface area contributed by atoms with E-state index in [0.717, 1.165) is 0 Å². The van der Waals surface area contributed by atoms with Gasteiger partial charge in [-0.05, 0) is 42.2 Å². The van der Waals surface area contributed by atoms with E-state index in [-0.39, 0.29) is 18.6 Å². The molecule has 4 atom stereocenters. The van der Waals surface area contributed by atoms with E-state index in [1.165, 1.54) is 26.1 Å². The minimum absolute atomic E-state index is 0.0415. The van der Waals surface area contributed by atoms with Crippen LogP contribution in [0.2, 0.25) is 2.82 Å². The summed E-state index contributed by atoms with van der Waals surface area (Å²) < 4.78 is 16.1. The van der Waals surface area contributed by atoms with Crippen molar-refractivity contribution in [3.05, 3.63) is 102 Å². The van der Waals surface area contributed by atoms with Gasteiger partial charge in [-0.15, -0.1) is 0 Å². The molecule has 0 fully saturated rings. The fourth-order valence-electron chi connectivity index (χ4n) is 4.24. The molecule has 3 aromatic carbocycles. The van der Waals surface area contributed by atoms with Gasteiger partial charge in [0.15, 0.2) is 1.41 Å². The summed E-state index contributed by atoms with van der Waals surface area (Å²) in [5, 5.41) is 19.9. The first-order chi connectivity index (χ1) is 22.0. The molecule has 0 aliphatic rings. The number of nitrogens with one attached hydrogen (secondary N) is 5. The van der Waals surface area contributed by atoms with Gasteiger partial charge in [0, 0.05) is 13.5 Å². The normalized spacial score (nSPS) is 14.0. The molecule has 5 amide bonds. The maximum atomic E-state index is 13.5. The van der Waals surface area contributed by atoms with E-state index in [0.29, 0.717) is 22.0 Å². The predicted octanol–water partition coefficient (Wildman–Crippen LogP) is 0.214. The molecule has 8 N–H and O–H groups in total. The van der Waals surface area contributed by atoms with Crippen LogP contribution in [0.5, 0.6) is 5.75 Å². The van der Waals surface area contributed by atoms with E-state index in [1.54, 1.807) is 72.8 Å². The first kappa shape index (κ1) is 30.2. The molecular formula is C32H38N6O6. The van der Waals surface area contributed by atoms with E-state index in [9.17, 15) is 29.1 Å². The Labute approximate surface area is 258 Å². The van der Waals surface area contributed by atoms with Crippen molar-refractivity contribution in [3.8, 4) is 5.75 Å². The van der Waals surface area contributed by atoms with Gasteiger partial charge in [-0.3, -0.25) is 24.0 Å². The summed E-state index contributed by atoms with van der Waals surface area (Å²) in [6.07, 6.45) is 0.0757. The second-order valence-corrected chi connectivity index (χ2v) is 10.1. The number of rotatable bonds is 15. The van der Waals surface area contributed by atoms with Crippen LogP contribution in [0.1, 0.15) is 29.7 Å². The second kappa shape index (κ2) is 16.4. The van der Waals surface area contributed by atoms with Crippen molar-refractivity contribution in [2.45, 2.75) is 43.9 Å². The number of aromatic hydroxyl groups is 1. The van der Waals surface area contributed by atoms with Gasteiger partial charge in [0.25, 0.3) is 0 Å². The maximum Gasteiger partial charge on any atom is 0.246 e. The molecule has 3 aromatic rings. The van der Waals surface area contributed by atoms with Crippen LogP contribution in [-0.4, -0.2) is 66.4 Å².